The molecule has 0 saturated carbocycles. The Morgan fingerprint density at radius 3 is 2.86 bits per heavy atom. The second kappa shape index (κ2) is 6.09. The largest absolute Gasteiger partial charge is 0.481 e. The van der Waals surface area contributed by atoms with Gasteiger partial charge in [0.05, 0.1) is 24.7 Å². The second-order valence-electron chi connectivity index (χ2n) is 5.18. The third kappa shape index (κ3) is 3.49. The summed E-state index contributed by atoms with van der Waals surface area (Å²) in [4.78, 5) is 28.8. The maximum absolute atomic E-state index is 11.7. The van der Waals surface area contributed by atoms with Crippen LogP contribution in [0.4, 0.5) is 5.82 Å². The van der Waals surface area contributed by atoms with Crippen molar-refractivity contribution < 1.29 is 19.4 Å². The van der Waals surface area contributed by atoms with Gasteiger partial charge in [0, 0.05) is 18.8 Å². The van der Waals surface area contributed by atoms with Gasteiger partial charge in [-0.3, -0.25) is 9.59 Å². The number of carboxylic acid groups (broad SMARTS) is 1. The van der Waals surface area contributed by atoms with Crippen LogP contribution in [0.1, 0.15) is 28.0 Å². The van der Waals surface area contributed by atoms with Crippen LogP contribution in [0.2, 0.25) is 0 Å². The van der Waals surface area contributed by atoms with E-state index < -0.39 is 18.0 Å². The summed E-state index contributed by atoms with van der Waals surface area (Å²) < 4.78 is 5.43. The summed E-state index contributed by atoms with van der Waals surface area (Å²) >= 11 is 0. The average Bonchev–Trinajstić information content (AvgIpc) is 2.36. The highest BCUT2D eigenvalue weighted by Crippen LogP contribution is 2.24. The predicted molar refractivity (Wildman–Crippen MR) is 76.4 cm³/mol. The number of anilines is 1. The molecule has 1 aliphatic rings. The number of ether oxygens (including phenoxy) is 1. The molecule has 1 aromatic rings. The molecule has 1 unspecified atom stereocenters. The maximum atomic E-state index is 11.7. The molecule has 0 bridgehead atoms. The van der Waals surface area contributed by atoms with Crippen LogP contribution in [0.5, 0.6) is 0 Å². The maximum Gasteiger partial charge on any atom is 0.306 e. The monoisotopic (exact) mass is 293 g/mol. The van der Waals surface area contributed by atoms with E-state index in [1.54, 1.807) is 6.07 Å². The molecule has 0 aliphatic carbocycles. The third-order valence-corrected chi connectivity index (χ3v) is 3.41. The van der Waals surface area contributed by atoms with E-state index in [-0.39, 0.29) is 6.42 Å². The van der Waals surface area contributed by atoms with Crippen LogP contribution >= 0.6 is 0 Å². The number of pyridine rings is 1. The quantitative estimate of drug-likeness (QED) is 0.836. The number of carboxylic acids is 1. The van der Waals surface area contributed by atoms with Crippen molar-refractivity contribution in [3.63, 3.8) is 0 Å². The molecular formula is C14H19N3O4. The Morgan fingerprint density at radius 2 is 2.24 bits per heavy atom. The number of carbonyl (C=O) groups excluding carboxylic acids is 1. The molecule has 1 fully saturated rings. The van der Waals surface area contributed by atoms with E-state index in [9.17, 15) is 9.59 Å². The lowest BCUT2D eigenvalue weighted by atomic mass is 10.1. The Labute approximate surface area is 122 Å². The lowest BCUT2D eigenvalue weighted by molar-refractivity contribution is -0.140. The van der Waals surface area contributed by atoms with Crippen molar-refractivity contribution in [2.24, 2.45) is 5.73 Å². The minimum atomic E-state index is -0.912. The van der Waals surface area contributed by atoms with E-state index in [1.165, 1.54) is 0 Å². The molecule has 1 aromatic heterocycles. The second-order valence-corrected chi connectivity index (χ2v) is 5.18. The topological polar surface area (TPSA) is 106 Å². The minimum Gasteiger partial charge on any atom is -0.481 e. The highest BCUT2D eigenvalue weighted by molar-refractivity contribution is 5.99. The Kier molecular flexibility index (Phi) is 4.42. The number of amides is 1. The zero-order valence-electron chi connectivity index (χ0n) is 12.1. The molecule has 21 heavy (non-hydrogen) atoms. The first-order valence-electron chi connectivity index (χ1n) is 6.75. The van der Waals surface area contributed by atoms with Gasteiger partial charge in [-0.2, -0.15) is 0 Å². The van der Waals surface area contributed by atoms with E-state index in [1.807, 2.05) is 18.7 Å². The molecule has 0 radical (unpaired) electrons. The summed E-state index contributed by atoms with van der Waals surface area (Å²) in [5.74, 6) is -0.930. The van der Waals surface area contributed by atoms with E-state index in [2.05, 4.69) is 4.98 Å². The van der Waals surface area contributed by atoms with Crippen molar-refractivity contribution >= 4 is 17.7 Å². The first kappa shape index (κ1) is 15.2. The number of aryl methyl sites for hydroxylation is 2. The minimum absolute atomic E-state index is 0.0762. The Morgan fingerprint density at radius 1 is 1.52 bits per heavy atom. The Hall–Kier alpha value is -2.15. The van der Waals surface area contributed by atoms with Crippen LogP contribution < -0.4 is 10.6 Å². The van der Waals surface area contributed by atoms with Crippen LogP contribution in [0.15, 0.2) is 6.07 Å². The number of aliphatic carboxylic acids is 1. The van der Waals surface area contributed by atoms with Crippen molar-refractivity contribution in [2.75, 3.05) is 24.6 Å². The molecule has 2 rings (SSSR count). The van der Waals surface area contributed by atoms with Crippen LogP contribution in [-0.2, 0) is 9.53 Å². The summed E-state index contributed by atoms with van der Waals surface area (Å²) in [6, 6.07) is 1.80. The number of morpholine rings is 1. The van der Waals surface area contributed by atoms with Crippen molar-refractivity contribution in [2.45, 2.75) is 26.4 Å². The van der Waals surface area contributed by atoms with Crippen molar-refractivity contribution in [3.8, 4) is 0 Å². The van der Waals surface area contributed by atoms with Gasteiger partial charge in [0.2, 0.25) is 0 Å². The highest BCUT2D eigenvalue weighted by Gasteiger charge is 2.27. The van der Waals surface area contributed by atoms with Crippen LogP contribution in [0, 0.1) is 13.8 Å². The number of nitrogens with two attached hydrogens (primary N) is 1. The number of hydrogen-bond acceptors (Lipinski definition) is 5. The van der Waals surface area contributed by atoms with Gasteiger partial charge in [-0.15, -0.1) is 0 Å². The fourth-order valence-corrected chi connectivity index (χ4v) is 2.58. The molecule has 7 nitrogen and oxygen atoms in total. The van der Waals surface area contributed by atoms with Crippen LogP contribution in [0.3, 0.4) is 0 Å². The average molecular weight is 293 g/mol. The molecule has 1 aliphatic heterocycles. The molecule has 7 heteroatoms. The van der Waals surface area contributed by atoms with Crippen LogP contribution in [-0.4, -0.2) is 47.8 Å². The fraction of sp³-hybridized carbons (Fsp3) is 0.500. The van der Waals surface area contributed by atoms with Crippen molar-refractivity contribution in [1.29, 1.82) is 0 Å². The zero-order chi connectivity index (χ0) is 15.6. The molecular weight excluding hydrogens is 274 g/mol. The Bertz CT molecular complexity index is 574. The normalized spacial score (nSPS) is 18.6. The first-order chi connectivity index (χ1) is 9.88. The molecule has 0 spiro atoms. The lowest BCUT2D eigenvalue weighted by Crippen LogP contribution is -2.44. The number of hydrogen-bond donors (Lipinski definition) is 2. The first-order valence-corrected chi connectivity index (χ1v) is 6.75. The highest BCUT2D eigenvalue weighted by atomic mass is 16.5. The summed E-state index contributed by atoms with van der Waals surface area (Å²) in [6.45, 7) is 4.98. The fourth-order valence-electron chi connectivity index (χ4n) is 2.58. The summed E-state index contributed by atoms with van der Waals surface area (Å²) in [6.07, 6.45) is -0.493. The zero-order valence-corrected chi connectivity index (χ0v) is 12.1. The van der Waals surface area contributed by atoms with E-state index in [4.69, 9.17) is 15.6 Å². The van der Waals surface area contributed by atoms with E-state index >= 15 is 0 Å². The molecule has 114 valence electrons. The van der Waals surface area contributed by atoms with Crippen molar-refractivity contribution in [1.82, 2.24) is 4.98 Å². The molecule has 2 heterocycles. The summed E-state index contributed by atoms with van der Waals surface area (Å²) in [7, 11) is 0. The molecule has 1 atom stereocenters. The number of primary amides is 1. The van der Waals surface area contributed by atoms with E-state index in [0.717, 1.165) is 11.3 Å². The third-order valence-electron chi connectivity index (χ3n) is 3.41. The Balaban J connectivity index is 2.32. The van der Waals surface area contributed by atoms with Gasteiger partial charge in [0.1, 0.15) is 5.82 Å². The molecule has 0 aromatic carbocycles. The van der Waals surface area contributed by atoms with Gasteiger partial charge in [0.15, 0.2) is 0 Å². The SMILES string of the molecule is Cc1cc(C)c(C(N)=O)c(N2CCOC(CC(=O)O)C2)n1. The predicted octanol–water partition coefficient (Wildman–Crippen LogP) is 0.477. The summed E-state index contributed by atoms with van der Waals surface area (Å²) in [5.41, 5.74) is 7.40. The van der Waals surface area contributed by atoms with Gasteiger partial charge in [-0.25, -0.2) is 4.98 Å². The van der Waals surface area contributed by atoms with Crippen molar-refractivity contribution in [3.05, 3.63) is 22.9 Å². The van der Waals surface area contributed by atoms with Gasteiger partial charge in [-0.05, 0) is 25.5 Å². The van der Waals surface area contributed by atoms with Gasteiger partial charge >= 0.3 is 5.97 Å². The van der Waals surface area contributed by atoms with Gasteiger partial charge < -0.3 is 20.5 Å². The number of rotatable bonds is 4. The van der Waals surface area contributed by atoms with Gasteiger partial charge in [0.25, 0.3) is 5.91 Å². The van der Waals surface area contributed by atoms with E-state index in [0.29, 0.717) is 31.1 Å². The molecule has 1 saturated heterocycles. The number of nitrogens with zero attached hydrogens (tertiary/aromatic N) is 2. The molecule has 1 amide bonds. The lowest BCUT2D eigenvalue weighted by Gasteiger charge is -2.34. The molecule has 3 N–H and O–H groups in total. The van der Waals surface area contributed by atoms with Gasteiger partial charge in [-0.1, -0.05) is 0 Å². The number of aromatic nitrogens is 1. The smallest absolute Gasteiger partial charge is 0.306 e. The van der Waals surface area contributed by atoms with Crippen LogP contribution in [0.25, 0.3) is 0 Å². The standard InChI is InChI=1S/C14H19N3O4/c1-8-5-9(2)16-14(12(8)13(15)20)17-3-4-21-10(7-17)6-11(18)19/h5,10H,3-4,6-7H2,1-2H3,(H2,15,20)(H,18,19). The summed E-state index contributed by atoms with van der Waals surface area (Å²) in [5, 5.41) is 8.87. The number of carbonyl (C=O) groups is 2.